The smallest absolute Gasteiger partial charge is 0.209 e. The van der Waals surface area contributed by atoms with E-state index in [0.29, 0.717) is 6.61 Å². The van der Waals surface area contributed by atoms with Gasteiger partial charge in [0, 0.05) is 54.1 Å². The summed E-state index contributed by atoms with van der Waals surface area (Å²) >= 11 is 0. The molecular weight excluding hydrogens is 724 g/mol. The summed E-state index contributed by atoms with van der Waals surface area (Å²) in [6.45, 7) is 11.5. The molecule has 0 aromatic heterocycles. The average molecular weight is 779 g/mol. The van der Waals surface area contributed by atoms with Gasteiger partial charge in [-0.1, -0.05) is 141 Å². The number of methoxy groups -OCH3 is 1. The summed E-state index contributed by atoms with van der Waals surface area (Å²) in [6.07, 6.45) is 12.5. The molecule has 0 bridgehead atoms. The number of anilines is 1. The lowest BCUT2D eigenvalue weighted by molar-refractivity contribution is -0.439. The zero-order valence-electron chi connectivity index (χ0n) is 33.9. The number of nitrogens with zero attached hydrogens (tertiary/aromatic N) is 2. The van der Waals surface area contributed by atoms with E-state index in [9.17, 15) is 5.11 Å². The summed E-state index contributed by atoms with van der Waals surface area (Å²) in [4.78, 5) is 2.37. The second-order valence-electron chi connectivity index (χ2n) is 15.7. The number of rotatable bonds is 15. The number of hydrogen-bond acceptors (Lipinski definition) is 4. The molecule has 2 aliphatic heterocycles. The summed E-state index contributed by atoms with van der Waals surface area (Å²) in [6, 6.07) is 46.8. The van der Waals surface area contributed by atoms with Gasteiger partial charge in [-0.05, 0) is 66.8 Å². The Morgan fingerprint density at radius 2 is 1.26 bits per heavy atom. The molecule has 294 valence electrons. The molecule has 7 rings (SSSR count). The largest absolute Gasteiger partial charge is 1.00 e. The van der Waals surface area contributed by atoms with Gasteiger partial charge >= 0.3 is 0 Å². The topological polar surface area (TPSA) is 44.9 Å². The summed E-state index contributed by atoms with van der Waals surface area (Å²) in [5, 5.41) is 9.65. The van der Waals surface area contributed by atoms with E-state index in [1.165, 1.54) is 33.9 Å². The Balaban J connectivity index is 0.00000549. The van der Waals surface area contributed by atoms with Gasteiger partial charge in [-0.25, -0.2) is 0 Å². The fourth-order valence-corrected chi connectivity index (χ4v) is 8.72. The van der Waals surface area contributed by atoms with E-state index in [1.807, 2.05) is 12.1 Å². The van der Waals surface area contributed by atoms with Crippen LogP contribution in [0.3, 0.4) is 0 Å². The van der Waals surface area contributed by atoms with Gasteiger partial charge in [-0.2, -0.15) is 4.58 Å². The first-order chi connectivity index (χ1) is 27.2. The van der Waals surface area contributed by atoms with Crippen LogP contribution in [0.4, 0.5) is 11.4 Å². The van der Waals surface area contributed by atoms with Crippen LogP contribution in [0.1, 0.15) is 68.4 Å². The van der Waals surface area contributed by atoms with Crippen molar-refractivity contribution >= 4 is 17.1 Å². The van der Waals surface area contributed by atoms with E-state index in [2.05, 4.69) is 189 Å². The lowest BCUT2D eigenvalue weighted by atomic mass is 9.80. The van der Waals surface area contributed by atoms with E-state index in [-0.39, 0.29) is 29.8 Å². The molecule has 0 saturated heterocycles. The fraction of sp³-hybridized carbons (Fsp3) is 0.275. The number of allylic oxidation sites excluding steroid dienone is 6. The minimum atomic E-state index is -0.800. The number of aliphatic hydroxyl groups is 1. The molecular formula is C51H55ClN2O3. The van der Waals surface area contributed by atoms with E-state index < -0.39 is 5.60 Å². The number of ether oxygens (including phenoxy) is 2. The predicted octanol–water partition coefficient (Wildman–Crippen LogP) is 7.65. The highest BCUT2D eigenvalue weighted by Gasteiger charge is 2.44. The van der Waals surface area contributed by atoms with Crippen molar-refractivity contribution < 1.29 is 31.6 Å². The summed E-state index contributed by atoms with van der Waals surface area (Å²) in [7, 11) is 1.70. The SMILES string of the molecule is COc1ccc(C(OCCC[N+]2=C(/C=C/C=C/C=C3/N(CCCO)c4ccccc4C3(C)C)C(C)(C)c3ccccc32)(c2ccccc2)c2ccccc2)cc1.[Cl-]. The molecule has 0 saturated carbocycles. The van der Waals surface area contributed by atoms with Crippen LogP contribution >= 0.6 is 0 Å². The molecule has 0 atom stereocenters. The van der Waals surface area contributed by atoms with Gasteiger partial charge in [0.05, 0.1) is 19.1 Å². The van der Waals surface area contributed by atoms with Gasteiger partial charge < -0.3 is 31.9 Å². The first-order valence-corrected chi connectivity index (χ1v) is 19.9. The van der Waals surface area contributed by atoms with Crippen molar-refractivity contribution in [1.29, 1.82) is 0 Å². The normalized spacial score (nSPS) is 16.3. The molecule has 0 amide bonds. The average Bonchev–Trinajstić information content (AvgIpc) is 3.58. The minimum absolute atomic E-state index is 0. The lowest BCUT2D eigenvalue weighted by Crippen LogP contribution is -3.00. The number of benzene rings is 5. The molecule has 5 aromatic rings. The molecule has 6 heteroatoms. The fourth-order valence-electron chi connectivity index (χ4n) is 8.72. The standard InChI is InChI=1S/C51H55N2O3.ClH/c1-49(2)43-25-15-17-27-45(43)52(35-19-37-54)47(49)29-13-8-14-30-48-50(3,4)44-26-16-18-28-46(44)53(48)36-20-38-56-51(39-21-9-6-10-22-39,40-23-11-7-12-24-40)41-31-33-42(55-5)34-32-41;/h6-18,21-34,54H,19-20,35-38H2,1-5H3;1H/q+1;/p-1. The number of hydrogen-bond donors (Lipinski definition) is 1. The maximum absolute atomic E-state index is 9.65. The Bertz CT molecular complexity index is 2200. The van der Waals surface area contributed by atoms with Crippen molar-refractivity contribution in [3.05, 3.63) is 197 Å². The summed E-state index contributed by atoms with van der Waals surface area (Å²) in [5.41, 5.74) is 9.78. The molecule has 0 spiro atoms. The Kier molecular flexibility index (Phi) is 13.0. The molecule has 5 aromatic carbocycles. The molecule has 2 aliphatic rings. The van der Waals surface area contributed by atoms with Crippen molar-refractivity contribution in [2.45, 2.75) is 57.0 Å². The maximum atomic E-state index is 9.65. The van der Waals surface area contributed by atoms with Crippen LogP contribution in [0.5, 0.6) is 5.75 Å². The quantitative estimate of drug-likeness (QED) is 0.0514. The first-order valence-electron chi connectivity index (χ1n) is 19.9. The Labute approximate surface area is 345 Å². The second kappa shape index (κ2) is 17.9. The van der Waals surface area contributed by atoms with Gasteiger partial charge in [0.25, 0.3) is 0 Å². The minimum Gasteiger partial charge on any atom is -1.00 e. The zero-order valence-corrected chi connectivity index (χ0v) is 34.6. The highest BCUT2D eigenvalue weighted by atomic mass is 35.5. The lowest BCUT2D eigenvalue weighted by Gasteiger charge is -2.36. The van der Waals surface area contributed by atoms with Crippen LogP contribution in [0.2, 0.25) is 0 Å². The van der Waals surface area contributed by atoms with Gasteiger partial charge in [-0.3, -0.25) is 0 Å². The van der Waals surface area contributed by atoms with Crippen LogP contribution in [0.25, 0.3) is 0 Å². The third kappa shape index (κ3) is 8.02. The zero-order chi connectivity index (χ0) is 39.2. The van der Waals surface area contributed by atoms with Gasteiger partial charge in [-0.15, -0.1) is 0 Å². The van der Waals surface area contributed by atoms with E-state index in [1.54, 1.807) is 7.11 Å². The van der Waals surface area contributed by atoms with Crippen molar-refractivity contribution in [3.63, 3.8) is 0 Å². The number of aliphatic hydroxyl groups excluding tert-OH is 1. The third-order valence-electron chi connectivity index (χ3n) is 11.6. The maximum Gasteiger partial charge on any atom is 0.209 e. The number of para-hydroxylation sites is 2. The Morgan fingerprint density at radius 1 is 0.667 bits per heavy atom. The van der Waals surface area contributed by atoms with Crippen molar-refractivity contribution in [2.75, 3.05) is 38.3 Å². The highest BCUT2D eigenvalue weighted by Crippen LogP contribution is 2.48. The molecule has 0 radical (unpaired) electrons. The number of fused-ring (bicyclic) bond motifs is 2. The molecule has 0 aliphatic carbocycles. The second-order valence-corrected chi connectivity index (χ2v) is 15.7. The highest BCUT2D eigenvalue weighted by molar-refractivity contribution is 6.03. The Morgan fingerprint density at radius 3 is 1.91 bits per heavy atom. The molecule has 2 heterocycles. The van der Waals surface area contributed by atoms with Crippen molar-refractivity contribution in [2.24, 2.45) is 0 Å². The van der Waals surface area contributed by atoms with E-state index in [4.69, 9.17) is 9.47 Å². The monoisotopic (exact) mass is 778 g/mol. The molecule has 0 fully saturated rings. The van der Waals surface area contributed by atoms with Crippen molar-refractivity contribution in [1.82, 2.24) is 0 Å². The van der Waals surface area contributed by atoms with Crippen LogP contribution in [0.15, 0.2) is 170 Å². The predicted molar refractivity (Wildman–Crippen MR) is 230 cm³/mol. The molecule has 57 heavy (non-hydrogen) atoms. The Hall–Kier alpha value is -5.20. The van der Waals surface area contributed by atoms with Crippen LogP contribution in [0, 0.1) is 0 Å². The van der Waals surface area contributed by atoms with Gasteiger partial charge in [0.2, 0.25) is 5.69 Å². The van der Waals surface area contributed by atoms with Crippen LogP contribution in [-0.4, -0.2) is 48.8 Å². The summed E-state index contributed by atoms with van der Waals surface area (Å²) < 4.78 is 15.2. The van der Waals surface area contributed by atoms with Crippen LogP contribution in [-0.2, 0) is 21.2 Å². The first kappa shape index (κ1) is 41.4. The van der Waals surface area contributed by atoms with Gasteiger partial charge in [0.1, 0.15) is 11.4 Å². The van der Waals surface area contributed by atoms with E-state index in [0.717, 1.165) is 48.4 Å². The molecule has 5 nitrogen and oxygen atoms in total. The van der Waals surface area contributed by atoms with Crippen molar-refractivity contribution in [3.8, 4) is 5.75 Å². The molecule has 0 unspecified atom stereocenters. The summed E-state index contributed by atoms with van der Waals surface area (Å²) in [5.74, 6) is 0.815. The van der Waals surface area contributed by atoms with E-state index >= 15 is 0 Å². The van der Waals surface area contributed by atoms with Crippen LogP contribution < -0.4 is 22.0 Å². The third-order valence-corrected chi connectivity index (χ3v) is 11.6. The van der Waals surface area contributed by atoms with Gasteiger partial charge in [0.15, 0.2) is 12.3 Å². The molecule has 1 N–H and O–H groups in total. The number of halogens is 1.